The molecule has 0 saturated carbocycles. The lowest BCUT2D eigenvalue weighted by atomic mass is 10.2. The molecular formula is C19H24N2O4S. The van der Waals surface area contributed by atoms with Gasteiger partial charge in [-0.05, 0) is 17.7 Å². The van der Waals surface area contributed by atoms with Crippen molar-refractivity contribution in [2.45, 2.75) is 13.0 Å². The molecule has 0 heterocycles. The largest absolute Gasteiger partial charge is 0.497 e. The van der Waals surface area contributed by atoms with Crippen LogP contribution in [0, 0.1) is 0 Å². The van der Waals surface area contributed by atoms with E-state index in [4.69, 9.17) is 4.74 Å². The Bertz CT molecular complexity index is 838. The van der Waals surface area contributed by atoms with E-state index in [1.54, 1.807) is 36.2 Å². The lowest BCUT2D eigenvalue weighted by Crippen LogP contribution is -2.35. The molecule has 0 unspecified atom stereocenters. The fourth-order valence-corrected chi connectivity index (χ4v) is 3.50. The summed E-state index contributed by atoms with van der Waals surface area (Å²) in [5.74, 6) is 0.439. The number of nitrogens with zero attached hydrogens (tertiary/aromatic N) is 2. The summed E-state index contributed by atoms with van der Waals surface area (Å²) in [7, 11) is -0.282. The predicted octanol–water partition coefficient (Wildman–Crippen LogP) is 2.51. The van der Waals surface area contributed by atoms with E-state index in [0.717, 1.165) is 11.8 Å². The highest BCUT2D eigenvalue weighted by molar-refractivity contribution is 7.92. The second-order valence-corrected chi connectivity index (χ2v) is 7.93. The number of amides is 1. The molecule has 0 N–H and O–H groups in total. The first kappa shape index (κ1) is 19.8. The van der Waals surface area contributed by atoms with Crippen molar-refractivity contribution in [1.82, 2.24) is 4.90 Å². The van der Waals surface area contributed by atoms with Gasteiger partial charge in [0.2, 0.25) is 15.9 Å². The predicted molar refractivity (Wildman–Crippen MR) is 103 cm³/mol. The Balaban J connectivity index is 2.06. The second-order valence-electron chi connectivity index (χ2n) is 6.02. The number of rotatable bonds is 8. The Labute approximate surface area is 155 Å². The highest BCUT2D eigenvalue weighted by atomic mass is 32.2. The topological polar surface area (TPSA) is 66.9 Å². The van der Waals surface area contributed by atoms with Crippen LogP contribution in [0.2, 0.25) is 0 Å². The highest BCUT2D eigenvalue weighted by Gasteiger charge is 2.20. The molecule has 0 aromatic heterocycles. The minimum Gasteiger partial charge on any atom is -0.497 e. The van der Waals surface area contributed by atoms with Crippen molar-refractivity contribution >= 4 is 21.6 Å². The van der Waals surface area contributed by atoms with Crippen LogP contribution in [-0.2, 0) is 21.4 Å². The summed E-state index contributed by atoms with van der Waals surface area (Å²) < 4.78 is 30.7. The number of sulfonamides is 1. The van der Waals surface area contributed by atoms with Crippen LogP contribution in [0.1, 0.15) is 12.0 Å². The van der Waals surface area contributed by atoms with Crippen molar-refractivity contribution in [2.24, 2.45) is 0 Å². The van der Waals surface area contributed by atoms with Gasteiger partial charge in [-0.15, -0.1) is 0 Å². The molecule has 0 aliphatic rings. The van der Waals surface area contributed by atoms with Gasteiger partial charge in [0.25, 0.3) is 0 Å². The van der Waals surface area contributed by atoms with Crippen molar-refractivity contribution < 1.29 is 17.9 Å². The van der Waals surface area contributed by atoms with E-state index in [1.165, 1.54) is 11.4 Å². The molecular weight excluding hydrogens is 352 g/mol. The summed E-state index contributed by atoms with van der Waals surface area (Å²) in [4.78, 5) is 14.0. The van der Waals surface area contributed by atoms with Crippen LogP contribution in [-0.4, -0.2) is 46.2 Å². The molecule has 26 heavy (non-hydrogen) atoms. The second kappa shape index (κ2) is 8.71. The van der Waals surface area contributed by atoms with E-state index in [1.807, 2.05) is 30.3 Å². The monoisotopic (exact) mass is 376 g/mol. The number of carbonyl (C=O) groups is 1. The maximum absolute atomic E-state index is 12.4. The molecule has 140 valence electrons. The zero-order valence-electron chi connectivity index (χ0n) is 15.3. The van der Waals surface area contributed by atoms with Gasteiger partial charge in [0, 0.05) is 32.6 Å². The molecule has 7 heteroatoms. The zero-order valence-corrected chi connectivity index (χ0v) is 16.1. The smallest absolute Gasteiger partial charge is 0.232 e. The van der Waals surface area contributed by atoms with Crippen LogP contribution in [0.25, 0.3) is 0 Å². The standard InChI is InChI=1S/C19H24N2O4S/c1-20(15-16-8-5-4-6-9-16)19(22)12-13-21(26(3,23)24)17-10-7-11-18(14-17)25-2/h4-11,14H,12-13,15H2,1-3H3. The van der Waals surface area contributed by atoms with Gasteiger partial charge in [0.1, 0.15) is 5.75 Å². The third kappa shape index (κ3) is 5.49. The highest BCUT2D eigenvalue weighted by Crippen LogP contribution is 2.23. The van der Waals surface area contributed by atoms with Crippen LogP contribution in [0.5, 0.6) is 5.75 Å². The normalized spacial score (nSPS) is 11.0. The first-order chi connectivity index (χ1) is 12.3. The fourth-order valence-electron chi connectivity index (χ4n) is 2.59. The Hall–Kier alpha value is -2.54. The SMILES string of the molecule is COc1cccc(N(CCC(=O)N(C)Cc2ccccc2)S(C)(=O)=O)c1. The van der Waals surface area contributed by atoms with Gasteiger partial charge in [-0.3, -0.25) is 9.10 Å². The Morgan fingerprint density at radius 2 is 1.77 bits per heavy atom. The quantitative estimate of drug-likeness (QED) is 0.710. The molecule has 2 rings (SSSR count). The Morgan fingerprint density at radius 1 is 1.08 bits per heavy atom. The maximum atomic E-state index is 12.4. The van der Waals surface area contributed by atoms with Gasteiger partial charge in [-0.2, -0.15) is 0 Å². The summed E-state index contributed by atoms with van der Waals surface area (Å²) in [6.07, 6.45) is 1.22. The summed E-state index contributed by atoms with van der Waals surface area (Å²) in [5.41, 5.74) is 1.50. The molecule has 0 spiro atoms. The van der Waals surface area contributed by atoms with Crippen LogP contribution in [0.15, 0.2) is 54.6 Å². The molecule has 1 amide bonds. The molecule has 0 aliphatic carbocycles. The molecule has 6 nitrogen and oxygen atoms in total. The van der Waals surface area contributed by atoms with Crippen molar-refractivity contribution in [3.05, 3.63) is 60.2 Å². The third-order valence-corrected chi connectivity index (χ3v) is 5.15. The summed E-state index contributed by atoms with van der Waals surface area (Å²) in [5, 5.41) is 0. The van der Waals surface area contributed by atoms with E-state index in [0.29, 0.717) is 18.0 Å². The number of anilines is 1. The molecule has 2 aromatic carbocycles. The molecule has 0 bridgehead atoms. The van der Waals surface area contributed by atoms with Crippen molar-refractivity contribution in [3.8, 4) is 5.75 Å². The van der Waals surface area contributed by atoms with Crippen molar-refractivity contribution in [3.63, 3.8) is 0 Å². The van der Waals surface area contributed by atoms with Gasteiger partial charge in [0.15, 0.2) is 0 Å². The maximum Gasteiger partial charge on any atom is 0.232 e. The molecule has 0 radical (unpaired) electrons. The minimum atomic E-state index is -3.52. The fraction of sp³-hybridized carbons (Fsp3) is 0.316. The minimum absolute atomic E-state index is 0.0734. The van der Waals surface area contributed by atoms with E-state index in [9.17, 15) is 13.2 Å². The molecule has 0 saturated heterocycles. The molecule has 2 aromatic rings. The lowest BCUT2D eigenvalue weighted by molar-refractivity contribution is -0.130. The molecule has 0 aliphatic heterocycles. The van der Waals surface area contributed by atoms with Gasteiger partial charge < -0.3 is 9.64 Å². The number of methoxy groups -OCH3 is 1. The van der Waals surface area contributed by atoms with Crippen LogP contribution >= 0.6 is 0 Å². The zero-order chi connectivity index (χ0) is 19.2. The van der Waals surface area contributed by atoms with Gasteiger partial charge in [-0.1, -0.05) is 36.4 Å². The van der Waals surface area contributed by atoms with Crippen LogP contribution < -0.4 is 9.04 Å². The van der Waals surface area contributed by atoms with E-state index >= 15 is 0 Å². The van der Waals surface area contributed by atoms with E-state index in [2.05, 4.69) is 0 Å². The first-order valence-electron chi connectivity index (χ1n) is 8.21. The lowest BCUT2D eigenvalue weighted by Gasteiger charge is -2.24. The molecule has 0 atom stereocenters. The Kier molecular flexibility index (Phi) is 6.63. The number of benzene rings is 2. The number of carbonyl (C=O) groups excluding carboxylic acids is 1. The average Bonchev–Trinajstić information content (AvgIpc) is 2.61. The average molecular weight is 376 g/mol. The molecule has 0 fully saturated rings. The summed E-state index contributed by atoms with van der Waals surface area (Å²) in [6.45, 7) is 0.557. The van der Waals surface area contributed by atoms with Gasteiger partial charge in [0.05, 0.1) is 19.1 Å². The Morgan fingerprint density at radius 3 is 2.38 bits per heavy atom. The number of hydrogen-bond donors (Lipinski definition) is 0. The van der Waals surface area contributed by atoms with Crippen molar-refractivity contribution in [2.75, 3.05) is 31.3 Å². The summed E-state index contributed by atoms with van der Waals surface area (Å²) >= 11 is 0. The first-order valence-corrected chi connectivity index (χ1v) is 10.1. The van der Waals surface area contributed by atoms with Crippen molar-refractivity contribution in [1.29, 1.82) is 0 Å². The summed E-state index contributed by atoms with van der Waals surface area (Å²) in [6, 6.07) is 16.4. The van der Waals surface area contributed by atoms with E-state index in [-0.39, 0.29) is 18.9 Å². The van der Waals surface area contributed by atoms with Gasteiger partial charge in [-0.25, -0.2) is 8.42 Å². The van der Waals surface area contributed by atoms with Crippen LogP contribution in [0.4, 0.5) is 5.69 Å². The third-order valence-electron chi connectivity index (χ3n) is 3.96. The van der Waals surface area contributed by atoms with Gasteiger partial charge >= 0.3 is 0 Å². The van der Waals surface area contributed by atoms with Crippen LogP contribution in [0.3, 0.4) is 0 Å². The number of ether oxygens (including phenoxy) is 1. The van der Waals surface area contributed by atoms with E-state index < -0.39 is 10.0 Å². The number of hydrogen-bond acceptors (Lipinski definition) is 4.